The van der Waals surface area contributed by atoms with Crippen molar-refractivity contribution in [1.29, 1.82) is 0 Å². The van der Waals surface area contributed by atoms with E-state index in [4.69, 9.17) is 5.73 Å². The van der Waals surface area contributed by atoms with Crippen molar-refractivity contribution in [3.8, 4) is 33.4 Å². The molecule has 0 radical (unpaired) electrons. The van der Waals surface area contributed by atoms with Crippen LogP contribution in [0.3, 0.4) is 0 Å². The Hall–Kier alpha value is -3.79. The Labute approximate surface area is 170 Å². The zero-order valence-corrected chi connectivity index (χ0v) is 16.2. The van der Waals surface area contributed by atoms with Gasteiger partial charge in [0.1, 0.15) is 0 Å². The first kappa shape index (κ1) is 18.6. The third kappa shape index (κ3) is 4.22. The van der Waals surface area contributed by atoms with E-state index in [2.05, 4.69) is 46.4 Å². The summed E-state index contributed by atoms with van der Waals surface area (Å²) in [4.78, 5) is 20.1. The maximum absolute atomic E-state index is 11.7. The van der Waals surface area contributed by atoms with E-state index >= 15 is 0 Å². The Bertz CT molecular complexity index is 1150. The summed E-state index contributed by atoms with van der Waals surface area (Å²) in [6, 6.07) is 22.4. The molecule has 142 valence electrons. The molecule has 0 bridgehead atoms. The topological polar surface area (TPSA) is 68.9 Å². The third-order valence-corrected chi connectivity index (χ3v) is 4.89. The number of carbonyl (C=O) groups excluding carboxylic acids is 1. The van der Waals surface area contributed by atoms with E-state index in [1.165, 1.54) is 0 Å². The minimum absolute atomic E-state index is 0.192. The fraction of sp³-hybridized carbons (Fsp3) is 0.0800. The van der Waals surface area contributed by atoms with Gasteiger partial charge in [0.25, 0.3) is 0 Å². The zero-order chi connectivity index (χ0) is 20.2. The van der Waals surface area contributed by atoms with Crippen LogP contribution < -0.4 is 5.73 Å². The van der Waals surface area contributed by atoms with Crippen molar-refractivity contribution in [3.63, 3.8) is 0 Å². The molecule has 1 amide bonds. The molecule has 0 saturated heterocycles. The summed E-state index contributed by atoms with van der Waals surface area (Å²) in [6.45, 7) is 1.96. The molecule has 2 aromatic heterocycles. The van der Waals surface area contributed by atoms with E-state index in [1.54, 1.807) is 12.4 Å². The van der Waals surface area contributed by atoms with Crippen molar-refractivity contribution in [2.45, 2.75) is 13.3 Å². The molecule has 0 aliphatic carbocycles. The minimum atomic E-state index is -0.346. The van der Waals surface area contributed by atoms with Crippen LogP contribution in [0.1, 0.15) is 11.3 Å². The third-order valence-electron chi connectivity index (χ3n) is 4.89. The van der Waals surface area contributed by atoms with Gasteiger partial charge in [-0.25, -0.2) is 0 Å². The summed E-state index contributed by atoms with van der Waals surface area (Å²) in [7, 11) is 0. The van der Waals surface area contributed by atoms with Crippen molar-refractivity contribution < 1.29 is 4.79 Å². The molecule has 0 atom stereocenters. The standard InChI is InChI=1S/C25H21N3O/c1-17-13-21(10-12-28-17)20-8-9-24(23(14-20)15-25(26)29)19-6-4-18(5-7-19)22-3-2-11-27-16-22/h2-14,16H,15H2,1H3,(H2,26,29). The quantitative estimate of drug-likeness (QED) is 0.541. The smallest absolute Gasteiger partial charge is 0.221 e. The van der Waals surface area contributed by atoms with Crippen LogP contribution in [0.2, 0.25) is 0 Å². The van der Waals surface area contributed by atoms with Gasteiger partial charge in [0.2, 0.25) is 5.91 Å². The molecule has 29 heavy (non-hydrogen) atoms. The lowest BCUT2D eigenvalue weighted by molar-refractivity contribution is -0.117. The van der Waals surface area contributed by atoms with E-state index < -0.39 is 0 Å². The van der Waals surface area contributed by atoms with Crippen LogP contribution in [0.15, 0.2) is 85.3 Å². The Kier molecular flexibility index (Phi) is 5.16. The monoisotopic (exact) mass is 379 g/mol. The summed E-state index contributed by atoms with van der Waals surface area (Å²) in [5.74, 6) is -0.346. The predicted octanol–water partition coefficient (Wildman–Crippen LogP) is 4.81. The second kappa shape index (κ2) is 8.07. The molecule has 2 aromatic carbocycles. The lowest BCUT2D eigenvalue weighted by atomic mass is 9.92. The van der Waals surface area contributed by atoms with Crippen molar-refractivity contribution in [2.75, 3.05) is 0 Å². The normalized spacial score (nSPS) is 10.7. The van der Waals surface area contributed by atoms with Crippen molar-refractivity contribution in [3.05, 3.63) is 96.6 Å². The van der Waals surface area contributed by atoms with Crippen LogP contribution in [-0.2, 0) is 11.2 Å². The molecule has 0 aliphatic heterocycles. The highest BCUT2D eigenvalue weighted by Crippen LogP contribution is 2.31. The summed E-state index contributed by atoms with van der Waals surface area (Å²) < 4.78 is 0. The highest BCUT2D eigenvalue weighted by molar-refractivity contribution is 5.83. The number of pyridine rings is 2. The number of amides is 1. The molecular weight excluding hydrogens is 358 g/mol. The molecule has 4 aromatic rings. The maximum Gasteiger partial charge on any atom is 0.221 e. The molecule has 0 unspecified atom stereocenters. The van der Waals surface area contributed by atoms with Gasteiger partial charge in [-0.15, -0.1) is 0 Å². The molecular formula is C25H21N3O. The number of carbonyl (C=O) groups is 1. The first-order valence-electron chi connectivity index (χ1n) is 9.45. The number of hydrogen-bond donors (Lipinski definition) is 1. The van der Waals surface area contributed by atoms with Crippen LogP contribution >= 0.6 is 0 Å². The second-order valence-corrected chi connectivity index (χ2v) is 7.02. The van der Waals surface area contributed by atoms with Gasteiger partial charge in [0, 0.05) is 24.3 Å². The van der Waals surface area contributed by atoms with Crippen LogP contribution in [-0.4, -0.2) is 15.9 Å². The van der Waals surface area contributed by atoms with Gasteiger partial charge >= 0.3 is 0 Å². The summed E-state index contributed by atoms with van der Waals surface area (Å²) in [5.41, 5.74) is 13.7. The average molecular weight is 379 g/mol. The van der Waals surface area contributed by atoms with Crippen molar-refractivity contribution in [2.24, 2.45) is 5.73 Å². The van der Waals surface area contributed by atoms with E-state index in [-0.39, 0.29) is 12.3 Å². The van der Waals surface area contributed by atoms with Crippen LogP contribution in [0.4, 0.5) is 0 Å². The van der Waals surface area contributed by atoms with Gasteiger partial charge in [-0.3, -0.25) is 14.8 Å². The highest BCUT2D eigenvalue weighted by Gasteiger charge is 2.11. The van der Waals surface area contributed by atoms with Gasteiger partial charge < -0.3 is 5.73 Å². The largest absolute Gasteiger partial charge is 0.369 e. The number of nitrogens with zero attached hydrogens (tertiary/aromatic N) is 2. The van der Waals surface area contributed by atoms with Crippen molar-refractivity contribution >= 4 is 5.91 Å². The van der Waals surface area contributed by atoms with Crippen molar-refractivity contribution in [1.82, 2.24) is 9.97 Å². The van der Waals surface area contributed by atoms with E-state index in [1.807, 2.05) is 43.5 Å². The average Bonchev–Trinajstić information content (AvgIpc) is 2.74. The molecule has 2 N–H and O–H groups in total. The SMILES string of the molecule is Cc1cc(-c2ccc(-c3ccc(-c4cccnc4)cc3)c(CC(N)=O)c2)ccn1. The number of hydrogen-bond acceptors (Lipinski definition) is 3. The van der Waals surface area contributed by atoms with E-state index in [9.17, 15) is 4.79 Å². The number of aryl methyl sites for hydroxylation is 1. The van der Waals surface area contributed by atoms with E-state index in [0.29, 0.717) is 0 Å². The lowest BCUT2D eigenvalue weighted by Gasteiger charge is -2.12. The van der Waals surface area contributed by atoms with Crippen LogP contribution in [0.25, 0.3) is 33.4 Å². The van der Waals surface area contributed by atoms with Gasteiger partial charge in [-0.2, -0.15) is 0 Å². The molecule has 0 spiro atoms. The molecule has 4 nitrogen and oxygen atoms in total. The molecule has 4 rings (SSSR count). The summed E-state index contributed by atoms with van der Waals surface area (Å²) in [5, 5.41) is 0. The highest BCUT2D eigenvalue weighted by atomic mass is 16.1. The Morgan fingerprint density at radius 2 is 1.55 bits per heavy atom. The molecule has 0 fully saturated rings. The Morgan fingerprint density at radius 3 is 2.24 bits per heavy atom. The lowest BCUT2D eigenvalue weighted by Crippen LogP contribution is -2.14. The second-order valence-electron chi connectivity index (χ2n) is 7.02. The first-order chi connectivity index (χ1) is 14.1. The van der Waals surface area contributed by atoms with E-state index in [0.717, 1.165) is 44.6 Å². The zero-order valence-electron chi connectivity index (χ0n) is 16.2. The summed E-state index contributed by atoms with van der Waals surface area (Å²) >= 11 is 0. The molecule has 0 saturated carbocycles. The van der Waals surface area contributed by atoms with Crippen LogP contribution in [0.5, 0.6) is 0 Å². The Morgan fingerprint density at radius 1 is 0.828 bits per heavy atom. The molecule has 0 aliphatic rings. The van der Waals surface area contributed by atoms with Gasteiger partial charge in [-0.1, -0.05) is 48.5 Å². The fourth-order valence-electron chi connectivity index (χ4n) is 3.49. The number of nitrogens with two attached hydrogens (primary N) is 1. The number of aromatic nitrogens is 2. The van der Waals surface area contributed by atoms with Gasteiger partial charge in [0.15, 0.2) is 0 Å². The predicted molar refractivity (Wildman–Crippen MR) is 116 cm³/mol. The molecule has 4 heteroatoms. The maximum atomic E-state index is 11.7. The molecule has 2 heterocycles. The van der Waals surface area contributed by atoms with Crippen LogP contribution in [0, 0.1) is 6.92 Å². The number of benzene rings is 2. The first-order valence-corrected chi connectivity index (χ1v) is 9.45. The summed E-state index contributed by atoms with van der Waals surface area (Å²) in [6.07, 6.45) is 5.60. The van der Waals surface area contributed by atoms with Gasteiger partial charge in [0.05, 0.1) is 6.42 Å². The Balaban J connectivity index is 1.73. The number of rotatable bonds is 5. The fourth-order valence-corrected chi connectivity index (χ4v) is 3.49. The van der Waals surface area contributed by atoms with Gasteiger partial charge in [-0.05, 0) is 64.1 Å². The number of primary amides is 1. The minimum Gasteiger partial charge on any atom is -0.369 e.